The van der Waals surface area contributed by atoms with Gasteiger partial charge in [0.2, 0.25) is 0 Å². The number of rotatable bonds is 5. The number of fused-ring (bicyclic) bond motifs is 2. The van der Waals surface area contributed by atoms with Crippen LogP contribution < -0.4 is 4.74 Å². The lowest BCUT2D eigenvalue weighted by Crippen LogP contribution is -2.11. The molecule has 1 atom stereocenters. The molecule has 138 valence electrons. The van der Waals surface area contributed by atoms with Gasteiger partial charge in [0.05, 0.1) is 13.2 Å². The highest BCUT2D eigenvalue weighted by Crippen LogP contribution is 2.37. The first-order chi connectivity index (χ1) is 13.3. The fraction of sp³-hybridized carbons (Fsp3) is 0.435. The minimum absolute atomic E-state index is 0.246. The summed E-state index contributed by atoms with van der Waals surface area (Å²) in [5.41, 5.74) is 5.74. The van der Waals surface area contributed by atoms with Crippen LogP contribution in [0.25, 0.3) is 0 Å². The maximum Gasteiger partial charge on any atom is 0.139 e. The Kier molecular flexibility index (Phi) is 4.27. The number of ketones is 1. The molecule has 3 aliphatic rings. The molecule has 2 aromatic rings. The van der Waals surface area contributed by atoms with Gasteiger partial charge in [-0.3, -0.25) is 14.8 Å². The molecule has 1 saturated carbocycles. The van der Waals surface area contributed by atoms with Crippen molar-refractivity contribution in [2.75, 3.05) is 6.61 Å². The van der Waals surface area contributed by atoms with Crippen LogP contribution >= 0.6 is 0 Å². The van der Waals surface area contributed by atoms with Gasteiger partial charge in [0, 0.05) is 41.9 Å². The van der Waals surface area contributed by atoms with Crippen molar-refractivity contribution < 1.29 is 9.53 Å². The maximum absolute atomic E-state index is 12.8. The Morgan fingerprint density at radius 1 is 1.19 bits per heavy atom. The number of Topliss-reactive ketones (excluding diaryl/α,β-unsaturated/α-hetero) is 1. The van der Waals surface area contributed by atoms with Gasteiger partial charge in [-0.25, -0.2) is 0 Å². The molecule has 0 saturated heterocycles. The maximum atomic E-state index is 12.8. The fourth-order valence-corrected chi connectivity index (χ4v) is 4.34. The SMILES string of the molecule is O=C(Cc1cc2c(cn1)C(C1CC1)=NC2)CC1CCCOc2ccccc21. The van der Waals surface area contributed by atoms with Crippen LogP contribution in [0.1, 0.15) is 60.4 Å². The zero-order chi connectivity index (χ0) is 18.2. The molecule has 27 heavy (non-hydrogen) atoms. The molecule has 4 heteroatoms. The molecule has 0 amide bonds. The van der Waals surface area contributed by atoms with Gasteiger partial charge in [0.25, 0.3) is 0 Å². The Balaban J connectivity index is 1.28. The first-order valence-corrected chi connectivity index (χ1v) is 10.0. The average Bonchev–Trinajstić information content (AvgIpc) is 3.46. The number of ether oxygens (including phenoxy) is 1. The number of carbonyl (C=O) groups is 1. The lowest BCUT2D eigenvalue weighted by molar-refractivity contribution is -0.118. The minimum atomic E-state index is 0.246. The number of nitrogens with zero attached hydrogens (tertiary/aromatic N) is 2. The smallest absolute Gasteiger partial charge is 0.139 e. The summed E-state index contributed by atoms with van der Waals surface area (Å²) < 4.78 is 5.83. The van der Waals surface area contributed by atoms with Crippen molar-refractivity contribution in [3.63, 3.8) is 0 Å². The number of hydrogen-bond acceptors (Lipinski definition) is 4. The van der Waals surface area contributed by atoms with E-state index >= 15 is 0 Å². The van der Waals surface area contributed by atoms with Crippen molar-refractivity contribution in [2.45, 2.75) is 51.0 Å². The molecule has 4 nitrogen and oxygen atoms in total. The number of carbonyl (C=O) groups excluding carboxylic acids is 1. The standard InChI is InChI=1S/C23H24N2O2/c26-19(11-16-4-3-9-27-22-6-2-1-5-20(16)22)12-18-10-17-13-25-23(15-7-8-15)21(17)14-24-18/h1-2,5-6,10,14-16H,3-4,7-9,11-13H2. The van der Waals surface area contributed by atoms with Gasteiger partial charge < -0.3 is 4.74 Å². The molecule has 0 N–H and O–H groups in total. The van der Waals surface area contributed by atoms with Crippen LogP contribution in [0.15, 0.2) is 41.5 Å². The second-order valence-corrected chi connectivity index (χ2v) is 7.95. The molecule has 2 aliphatic heterocycles. The highest BCUT2D eigenvalue weighted by Gasteiger charge is 2.32. The summed E-state index contributed by atoms with van der Waals surface area (Å²) in [5, 5.41) is 0. The predicted octanol–water partition coefficient (Wildman–Crippen LogP) is 4.25. The lowest BCUT2D eigenvalue weighted by atomic mass is 9.88. The van der Waals surface area contributed by atoms with Crippen LogP contribution in [-0.4, -0.2) is 23.1 Å². The first-order valence-electron chi connectivity index (χ1n) is 10.0. The molecule has 1 fully saturated rings. The molecular formula is C23H24N2O2. The first kappa shape index (κ1) is 16.7. The van der Waals surface area contributed by atoms with E-state index in [-0.39, 0.29) is 11.7 Å². The highest BCUT2D eigenvalue weighted by molar-refractivity contribution is 6.06. The highest BCUT2D eigenvalue weighted by atomic mass is 16.5. The zero-order valence-corrected chi connectivity index (χ0v) is 15.5. The molecule has 0 radical (unpaired) electrons. The van der Waals surface area contributed by atoms with Crippen LogP contribution in [0.5, 0.6) is 5.75 Å². The number of hydrogen-bond donors (Lipinski definition) is 0. The van der Waals surface area contributed by atoms with Crippen LogP contribution in [0.2, 0.25) is 0 Å². The summed E-state index contributed by atoms with van der Waals surface area (Å²) in [7, 11) is 0. The lowest BCUT2D eigenvalue weighted by Gasteiger charge is -2.15. The summed E-state index contributed by atoms with van der Waals surface area (Å²) >= 11 is 0. The van der Waals surface area contributed by atoms with E-state index in [9.17, 15) is 4.79 Å². The molecule has 1 aromatic carbocycles. The summed E-state index contributed by atoms with van der Waals surface area (Å²) in [5.74, 6) is 2.09. The molecule has 5 rings (SSSR count). The van der Waals surface area contributed by atoms with Gasteiger partial charge in [0.1, 0.15) is 11.5 Å². The van der Waals surface area contributed by atoms with Gasteiger partial charge >= 0.3 is 0 Å². The van der Waals surface area contributed by atoms with Crippen molar-refractivity contribution in [1.29, 1.82) is 0 Å². The van der Waals surface area contributed by atoms with E-state index in [1.165, 1.54) is 35.2 Å². The molecule has 0 spiro atoms. The third kappa shape index (κ3) is 3.41. The van der Waals surface area contributed by atoms with E-state index < -0.39 is 0 Å². The summed E-state index contributed by atoms with van der Waals surface area (Å²) in [6, 6.07) is 10.2. The number of benzene rings is 1. The second-order valence-electron chi connectivity index (χ2n) is 7.95. The monoisotopic (exact) mass is 360 g/mol. The predicted molar refractivity (Wildman–Crippen MR) is 104 cm³/mol. The Labute approximate surface area is 159 Å². The van der Waals surface area contributed by atoms with Gasteiger partial charge in [-0.1, -0.05) is 18.2 Å². The van der Waals surface area contributed by atoms with E-state index in [0.29, 0.717) is 18.8 Å². The third-order valence-corrected chi connectivity index (χ3v) is 5.87. The van der Waals surface area contributed by atoms with Gasteiger partial charge in [-0.05, 0) is 54.9 Å². The molecule has 1 aliphatic carbocycles. The Morgan fingerprint density at radius 3 is 2.96 bits per heavy atom. The van der Waals surface area contributed by atoms with E-state index in [2.05, 4.69) is 17.1 Å². The van der Waals surface area contributed by atoms with Crippen molar-refractivity contribution in [3.8, 4) is 5.75 Å². The van der Waals surface area contributed by atoms with Crippen molar-refractivity contribution in [3.05, 3.63) is 58.9 Å². The summed E-state index contributed by atoms with van der Waals surface area (Å²) in [4.78, 5) is 22.0. The van der Waals surface area contributed by atoms with E-state index in [4.69, 9.17) is 9.73 Å². The molecular weight excluding hydrogens is 336 g/mol. The number of pyridine rings is 1. The summed E-state index contributed by atoms with van der Waals surface area (Å²) in [6.45, 7) is 1.48. The largest absolute Gasteiger partial charge is 0.493 e. The Morgan fingerprint density at radius 2 is 2.07 bits per heavy atom. The van der Waals surface area contributed by atoms with Crippen molar-refractivity contribution >= 4 is 11.5 Å². The average molecular weight is 360 g/mol. The quantitative estimate of drug-likeness (QED) is 0.801. The minimum Gasteiger partial charge on any atom is -0.493 e. The number of para-hydroxylation sites is 1. The molecule has 3 heterocycles. The van der Waals surface area contributed by atoms with E-state index in [1.807, 2.05) is 24.4 Å². The second kappa shape index (κ2) is 6.91. The van der Waals surface area contributed by atoms with Gasteiger partial charge in [-0.15, -0.1) is 0 Å². The molecule has 0 bridgehead atoms. The van der Waals surface area contributed by atoms with Crippen molar-refractivity contribution in [2.24, 2.45) is 10.9 Å². The van der Waals surface area contributed by atoms with Gasteiger partial charge in [0.15, 0.2) is 0 Å². The topological polar surface area (TPSA) is 51.5 Å². The fourth-order valence-electron chi connectivity index (χ4n) is 4.34. The zero-order valence-electron chi connectivity index (χ0n) is 15.5. The number of aromatic nitrogens is 1. The Bertz CT molecular complexity index is 914. The van der Waals surface area contributed by atoms with E-state index in [1.54, 1.807) is 0 Å². The van der Waals surface area contributed by atoms with Gasteiger partial charge in [-0.2, -0.15) is 0 Å². The van der Waals surface area contributed by atoms with Crippen LogP contribution in [0, 0.1) is 5.92 Å². The van der Waals surface area contributed by atoms with Crippen LogP contribution in [0.4, 0.5) is 0 Å². The van der Waals surface area contributed by atoms with Crippen LogP contribution in [-0.2, 0) is 17.8 Å². The molecule has 1 unspecified atom stereocenters. The number of aliphatic imine (C=N–C) groups is 1. The van der Waals surface area contributed by atoms with E-state index in [0.717, 1.165) is 37.4 Å². The Hall–Kier alpha value is -2.49. The van der Waals surface area contributed by atoms with Crippen molar-refractivity contribution in [1.82, 2.24) is 4.98 Å². The molecule has 1 aromatic heterocycles. The summed E-state index contributed by atoms with van der Waals surface area (Å²) in [6.07, 6.45) is 7.41. The third-order valence-electron chi connectivity index (χ3n) is 5.87. The normalized spacial score (nSPS) is 20.9. The van der Waals surface area contributed by atoms with Crippen LogP contribution in [0.3, 0.4) is 0 Å².